The molecule has 1 aromatic heterocycles. The first-order valence-corrected chi connectivity index (χ1v) is 7.72. The molecule has 0 aliphatic heterocycles. The van der Waals surface area contributed by atoms with Gasteiger partial charge < -0.3 is 19.2 Å². The van der Waals surface area contributed by atoms with Crippen LogP contribution in [0.15, 0.2) is 45.0 Å². The van der Waals surface area contributed by atoms with Gasteiger partial charge in [0, 0.05) is 0 Å². The lowest BCUT2D eigenvalue weighted by Crippen LogP contribution is -2.23. The maximum Gasteiger partial charge on any atom is 0.262 e. The van der Waals surface area contributed by atoms with E-state index in [0.717, 1.165) is 0 Å². The summed E-state index contributed by atoms with van der Waals surface area (Å²) < 4.78 is 16.3. The molecular weight excluding hydrogens is 376 g/mol. The minimum Gasteiger partial charge on any atom is -0.493 e. The Balaban J connectivity index is 2.22. The van der Waals surface area contributed by atoms with Crippen molar-refractivity contribution in [3.8, 4) is 17.6 Å². The van der Waals surface area contributed by atoms with Crippen LogP contribution >= 0.6 is 15.9 Å². The fourth-order valence-corrected chi connectivity index (χ4v) is 2.63. The van der Waals surface area contributed by atoms with Gasteiger partial charge in [-0.1, -0.05) is 0 Å². The number of methoxy groups -OCH3 is 2. The van der Waals surface area contributed by atoms with E-state index in [9.17, 15) is 10.1 Å². The number of nitrogens with one attached hydrogen (secondary N) is 1. The summed E-state index contributed by atoms with van der Waals surface area (Å²) >= 11 is 3.37. The van der Waals surface area contributed by atoms with E-state index in [4.69, 9.17) is 13.9 Å². The average Bonchev–Trinajstić information content (AvgIpc) is 3.10. The van der Waals surface area contributed by atoms with Crippen molar-refractivity contribution in [1.82, 2.24) is 5.32 Å². The molecule has 0 bridgehead atoms. The molecule has 7 heteroatoms. The monoisotopic (exact) mass is 390 g/mol. The second-order valence-corrected chi connectivity index (χ2v) is 5.52. The van der Waals surface area contributed by atoms with Crippen molar-refractivity contribution < 1.29 is 18.7 Å². The lowest BCUT2D eigenvalue weighted by molar-refractivity contribution is -0.117. The summed E-state index contributed by atoms with van der Waals surface area (Å²) in [7, 11) is 3.04. The number of hydrogen-bond donors (Lipinski definition) is 1. The lowest BCUT2D eigenvalue weighted by Gasteiger charge is -2.10. The topological polar surface area (TPSA) is 84.5 Å². The Labute approximate surface area is 147 Å². The second-order valence-electron chi connectivity index (χ2n) is 4.67. The molecule has 1 N–H and O–H groups in total. The van der Waals surface area contributed by atoms with Crippen LogP contribution in [0, 0.1) is 11.3 Å². The number of rotatable bonds is 6. The summed E-state index contributed by atoms with van der Waals surface area (Å²) in [5.74, 6) is 1.15. The average molecular weight is 391 g/mol. The van der Waals surface area contributed by atoms with E-state index in [1.165, 1.54) is 26.6 Å². The lowest BCUT2D eigenvalue weighted by atomic mass is 10.1. The molecule has 1 amide bonds. The molecule has 1 heterocycles. The fourth-order valence-electron chi connectivity index (χ4n) is 2.01. The highest BCUT2D eigenvalue weighted by Crippen LogP contribution is 2.36. The smallest absolute Gasteiger partial charge is 0.262 e. The summed E-state index contributed by atoms with van der Waals surface area (Å²) in [6, 6.07) is 8.78. The van der Waals surface area contributed by atoms with E-state index in [1.54, 1.807) is 24.3 Å². The Hall–Kier alpha value is -2.72. The molecule has 1 aromatic carbocycles. The van der Waals surface area contributed by atoms with Crippen LogP contribution in [0.5, 0.6) is 11.5 Å². The third-order valence-electron chi connectivity index (χ3n) is 3.14. The number of carbonyl (C=O) groups is 1. The van der Waals surface area contributed by atoms with Crippen LogP contribution in [0.4, 0.5) is 0 Å². The van der Waals surface area contributed by atoms with Crippen molar-refractivity contribution in [1.29, 1.82) is 5.26 Å². The summed E-state index contributed by atoms with van der Waals surface area (Å²) in [6.07, 6.45) is 2.99. The molecule has 0 spiro atoms. The van der Waals surface area contributed by atoms with Crippen molar-refractivity contribution in [3.05, 3.63) is 51.9 Å². The first-order chi connectivity index (χ1) is 11.6. The van der Waals surface area contributed by atoms with E-state index in [2.05, 4.69) is 21.2 Å². The molecule has 24 heavy (non-hydrogen) atoms. The number of ether oxygens (including phenoxy) is 2. The predicted octanol–water partition coefficient (Wildman–Crippen LogP) is 3.28. The van der Waals surface area contributed by atoms with Crippen molar-refractivity contribution in [3.63, 3.8) is 0 Å². The van der Waals surface area contributed by atoms with Crippen molar-refractivity contribution in [2.45, 2.75) is 6.54 Å². The quantitative estimate of drug-likeness (QED) is 0.604. The van der Waals surface area contributed by atoms with Gasteiger partial charge in [-0.25, -0.2) is 0 Å². The van der Waals surface area contributed by atoms with Crippen LogP contribution in [-0.4, -0.2) is 20.1 Å². The zero-order valence-corrected chi connectivity index (χ0v) is 14.7. The minimum absolute atomic E-state index is 0.0272. The Kier molecular flexibility index (Phi) is 6.04. The third-order valence-corrected chi connectivity index (χ3v) is 3.72. The molecule has 6 nitrogen and oxygen atoms in total. The van der Waals surface area contributed by atoms with Gasteiger partial charge >= 0.3 is 0 Å². The molecule has 0 aliphatic rings. The van der Waals surface area contributed by atoms with E-state index in [0.29, 0.717) is 27.3 Å². The molecule has 0 fully saturated rings. The van der Waals surface area contributed by atoms with E-state index < -0.39 is 5.91 Å². The standard InChI is InChI=1S/C17H15BrN2O4/c1-22-15-8-11(7-14(18)16(15)23-2)6-12(9-19)17(21)20-10-13-4-3-5-24-13/h3-8H,10H2,1-2H3,(H,20,21)/b12-6+. The number of hydrogen-bond acceptors (Lipinski definition) is 5. The number of halogens is 1. The van der Waals surface area contributed by atoms with Gasteiger partial charge in [-0.2, -0.15) is 5.26 Å². The Morgan fingerprint density at radius 2 is 2.21 bits per heavy atom. The fraction of sp³-hybridized carbons (Fsp3) is 0.176. The zero-order chi connectivity index (χ0) is 17.5. The molecule has 2 rings (SSSR count). The van der Waals surface area contributed by atoms with E-state index in [1.807, 2.05) is 6.07 Å². The Bertz CT molecular complexity index is 792. The van der Waals surface area contributed by atoms with Crippen LogP contribution in [0.1, 0.15) is 11.3 Å². The Morgan fingerprint density at radius 3 is 2.79 bits per heavy atom. The van der Waals surface area contributed by atoms with Gasteiger partial charge in [0.05, 0.1) is 31.5 Å². The van der Waals surface area contributed by atoms with Gasteiger partial charge in [0.2, 0.25) is 0 Å². The number of benzene rings is 1. The predicted molar refractivity (Wildman–Crippen MR) is 91.4 cm³/mol. The molecule has 0 atom stereocenters. The summed E-state index contributed by atoms with van der Waals surface area (Å²) in [6.45, 7) is 0.209. The second kappa shape index (κ2) is 8.22. The number of carbonyl (C=O) groups excluding carboxylic acids is 1. The van der Waals surface area contributed by atoms with Crippen LogP contribution in [0.2, 0.25) is 0 Å². The maximum absolute atomic E-state index is 12.1. The molecule has 0 saturated carbocycles. The van der Waals surface area contributed by atoms with Gasteiger partial charge in [-0.05, 0) is 51.8 Å². The van der Waals surface area contributed by atoms with Crippen molar-refractivity contribution >= 4 is 27.9 Å². The highest BCUT2D eigenvalue weighted by atomic mass is 79.9. The molecular formula is C17H15BrN2O4. The number of amides is 1. The largest absolute Gasteiger partial charge is 0.493 e. The highest BCUT2D eigenvalue weighted by molar-refractivity contribution is 9.10. The van der Waals surface area contributed by atoms with Crippen LogP contribution in [0.3, 0.4) is 0 Å². The van der Waals surface area contributed by atoms with Gasteiger partial charge in [-0.3, -0.25) is 4.79 Å². The zero-order valence-electron chi connectivity index (χ0n) is 13.1. The SMILES string of the molecule is COc1cc(/C=C(\C#N)C(=O)NCc2ccco2)cc(Br)c1OC. The van der Waals surface area contributed by atoms with E-state index >= 15 is 0 Å². The molecule has 2 aromatic rings. The summed E-state index contributed by atoms with van der Waals surface area (Å²) in [5.41, 5.74) is 0.602. The minimum atomic E-state index is -0.486. The van der Waals surface area contributed by atoms with Crippen molar-refractivity contribution in [2.24, 2.45) is 0 Å². The number of furan rings is 1. The summed E-state index contributed by atoms with van der Waals surface area (Å²) in [5, 5.41) is 11.9. The van der Waals surface area contributed by atoms with Gasteiger partial charge in [0.1, 0.15) is 17.4 Å². The molecule has 0 saturated heterocycles. The Morgan fingerprint density at radius 1 is 1.42 bits per heavy atom. The number of nitriles is 1. The normalized spacial score (nSPS) is 10.8. The van der Waals surface area contributed by atoms with Crippen LogP contribution in [-0.2, 0) is 11.3 Å². The molecule has 0 aliphatic carbocycles. The van der Waals surface area contributed by atoms with Crippen LogP contribution in [0.25, 0.3) is 6.08 Å². The maximum atomic E-state index is 12.1. The first kappa shape index (κ1) is 17.6. The molecule has 124 valence electrons. The highest BCUT2D eigenvalue weighted by Gasteiger charge is 2.13. The van der Waals surface area contributed by atoms with Crippen molar-refractivity contribution in [2.75, 3.05) is 14.2 Å². The van der Waals surface area contributed by atoms with Gasteiger partial charge in [0.25, 0.3) is 5.91 Å². The van der Waals surface area contributed by atoms with Crippen LogP contribution < -0.4 is 14.8 Å². The van der Waals surface area contributed by atoms with E-state index in [-0.39, 0.29) is 12.1 Å². The molecule has 0 radical (unpaired) electrons. The first-order valence-electron chi connectivity index (χ1n) is 6.93. The third kappa shape index (κ3) is 4.18. The number of nitrogens with zero attached hydrogens (tertiary/aromatic N) is 1. The molecule has 0 unspecified atom stereocenters. The van der Waals surface area contributed by atoms with Gasteiger partial charge in [-0.15, -0.1) is 0 Å². The van der Waals surface area contributed by atoms with Gasteiger partial charge in [0.15, 0.2) is 11.5 Å². The summed E-state index contributed by atoms with van der Waals surface area (Å²) in [4.78, 5) is 12.1.